The van der Waals surface area contributed by atoms with Crippen molar-refractivity contribution in [2.75, 3.05) is 6.61 Å². The van der Waals surface area contributed by atoms with Gasteiger partial charge in [0.05, 0.1) is 12.2 Å². The number of ether oxygens (including phenoxy) is 2. The number of halogens is 1. The third-order valence-corrected chi connectivity index (χ3v) is 5.32. The quantitative estimate of drug-likeness (QED) is 0.745. The topological polar surface area (TPSA) is 18.5 Å². The molecule has 1 aliphatic carbocycles. The van der Waals surface area contributed by atoms with Gasteiger partial charge < -0.3 is 9.47 Å². The van der Waals surface area contributed by atoms with E-state index in [0.717, 1.165) is 30.5 Å². The molecule has 1 aromatic carbocycles. The molecule has 1 aromatic rings. The molecule has 1 spiro atoms. The van der Waals surface area contributed by atoms with Crippen molar-refractivity contribution in [1.29, 1.82) is 0 Å². The van der Waals surface area contributed by atoms with Gasteiger partial charge in [-0.1, -0.05) is 28.1 Å². The summed E-state index contributed by atoms with van der Waals surface area (Å²) < 4.78 is 12.3. The molecule has 1 aliphatic heterocycles. The van der Waals surface area contributed by atoms with Crippen LogP contribution in [0.4, 0.5) is 0 Å². The van der Waals surface area contributed by atoms with Gasteiger partial charge in [-0.05, 0) is 49.8 Å². The number of hydrogen-bond donors (Lipinski definition) is 0. The third kappa shape index (κ3) is 2.75. The molecule has 2 fully saturated rings. The monoisotopic (exact) mass is 338 g/mol. The number of aryl methyl sites for hydroxylation is 2. The third-order valence-electron chi connectivity index (χ3n) is 4.67. The lowest BCUT2D eigenvalue weighted by atomic mass is 9.74. The van der Waals surface area contributed by atoms with Crippen LogP contribution in [0.3, 0.4) is 0 Å². The van der Waals surface area contributed by atoms with Crippen LogP contribution in [0.5, 0.6) is 5.75 Å². The van der Waals surface area contributed by atoms with Crippen molar-refractivity contribution in [2.24, 2.45) is 0 Å². The van der Waals surface area contributed by atoms with Crippen molar-refractivity contribution in [1.82, 2.24) is 0 Å². The van der Waals surface area contributed by atoms with Gasteiger partial charge in [-0.3, -0.25) is 0 Å². The molecule has 2 nitrogen and oxygen atoms in total. The van der Waals surface area contributed by atoms with Crippen molar-refractivity contribution in [2.45, 2.75) is 63.0 Å². The fourth-order valence-electron chi connectivity index (χ4n) is 3.47. The van der Waals surface area contributed by atoms with Crippen molar-refractivity contribution in [3.8, 4) is 5.75 Å². The molecular formula is C17H23BrO2. The lowest BCUT2D eigenvalue weighted by molar-refractivity contribution is -0.153. The SMILES string of the molecule is Cc1cc(CBr)cc(C)c1OC1CCOC2(CCC2)C1. The summed E-state index contributed by atoms with van der Waals surface area (Å²) in [4.78, 5) is 0. The molecule has 2 aliphatic rings. The van der Waals surface area contributed by atoms with Crippen LogP contribution in [0.25, 0.3) is 0 Å². The Labute approximate surface area is 130 Å². The zero-order valence-electron chi connectivity index (χ0n) is 12.4. The number of alkyl halides is 1. The first-order valence-corrected chi connectivity index (χ1v) is 8.71. The normalized spacial score (nSPS) is 24.4. The molecular weight excluding hydrogens is 316 g/mol. The van der Waals surface area contributed by atoms with E-state index in [2.05, 4.69) is 41.9 Å². The van der Waals surface area contributed by atoms with E-state index < -0.39 is 0 Å². The summed E-state index contributed by atoms with van der Waals surface area (Å²) in [7, 11) is 0. The zero-order valence-corrected chi connectivity index (χ0v) is 14.0. The zero-order chi connectivity index (χ0) is 14.2. The van der Waals surface area contributed by atoms with E-state index in [4.69, 9.17) is 9.47 Å². The molecule has 20 heavy (non-hydrogen) atoms. The van der Waals surface area contributed by atoms with Gasteiger partial charge in [0.25, 0.3) is 0 Å². The van der Waals surface area contributed by atoms with Crippen molar-refractivity contribution >= 4 is 15.9 Å². The maximum atomic E-state index is 6.35. The van der Waals surface area contributed by atoms with Gasteiger partial charge >= 0.3 is 0 Å². The van der Waals surface area contributed by atoms with Gasteiger partial charge in [-0.25, -0.2) is 0 Å². The molecule has 110 valence electrons. The molecule has 1 unspecified atom stereocenters. The molecule has 3 rings (SSSR count). The predicted octanol–water partition coefficient (Wildman–Crippen LogP) is 4.68. The average molecular weight is 339 g/mol. The molecule has 3 heteroatoms. The van der Waals surface area contributed by atoms with Gasteiger partial charge in [0.15, 0.2) is 0 Å². The van der Waals surface area contributed by atoms with Crippen LogP contribution in [0.1, 0.15) is 48.8 Å². The minimum Gasteiger partial charge on any atom is -0.490 e. The molecule has 0 aromatic heterocycles. The van der Waals surface area contributed by atoms with E-state index in [1.165, 1.54) is 36.0 Å². The average Bonchev–Trinajstić information content (AvgIpc) is 2.41. The summed E-state index contributed by atoms with van der Waals surface area (Å²) in [6, 6.07) is 4.44. The Morgan fingerprint density at radius 1 is 1.30 bits per heavy atom. The van der Waals surface area contributed by atoms with Gasteiger partial charge in [-0.2, -0.15) is 0 Å². The molecule has 0 N–H and O–H groups in total. The van der Waals surface area contributed by atoms with Crippen LogP contribution in [0.2, 0.25) is 0 Å². The second kappa shape index (κ2) is 5.69. The fraction of sp³-hybridized carbons (Fsp3) is 0.647. The number of rotatable bonds is 3. The van der Waals surface area contributed by atoms with Crippen LogP contribution >= 0.6 is 15.9 Å². The Bertz CT molecular complexity index is 471. The summed E-state index contributed by atoms with van der Waals surface area (Å²) in [6.07, 6.45) is 6.13. The van der Waals surface area contributed by atoms with E-state index >= 15 is 0 Å². The smallest absolute Gasteiger partial charge is 0.125 e. The van der Waals surface area contributed by atoms with Crippen molar-refractivity contribution < 1.29 is 9.47 Å². The summed E-state index contributed by atoms with van der Waals surface area (Å²) >= 11 is 3.52. The summed E-state index contributed by atoms with van der Waals surface area (Å²) in [6.45, 7) is 5.14. The van der Waals surface area contributed by atoms with Crippen LogP contribution in [0, 0.1) is 13.8 Å². The number of hydrogen-bond acceptors (Lipinski definition) is 2. The molecule has 1 atom stereocenters. The van der Waals surface area contributed by atoms with Gasteiger partial charge in [0.1, 0.15) is 11.9 Å². The Hall–Kier alpha value is -0.540. The Morgan fingerprint density at radius 2 is 2.00 bits per heavy atom. The minimum atomic E-state index is 0.153. The molecule has 1 saturated carbocycles. The highest BCUT2D eigenvalue weighted by molar-refractivity contribution is 9.08. The van der Waals surface area contributed by atoms with Crippen LogP contribution < -0.4 is 4.74 Å². The van der Waals surface area contributed by atoms with Gasteiger partial charge in [-0.15, -0.1) is 0 Å². The van der Waals surface area contributed by atoms with Crippen molar-refractivity contribution in [3.63, 3.8) is 0 Å². The first-order chi connectivity index (χ1) is 9.62. The first-order valence-electron chi connectivity index (χ1n) is 7.59. The highest BCUT2D eigenvalue weighted by Crippen LogP contribution is 2.43. The lowest BCUT2D eigenvalue weighted by Gasteiger charge is -2.47. The van der Waals surface area contributed by atoms with Gasteiger partial charge in [0.2, 0.25) is 0 Å². The second-order valence-electron chi connectivity index (χ2n) is 6.31. The van der Waals surface area contributed by atoms with E-state index in [0.29, 0.717) is 6.10 Å². The Morgan fingerprint density at radius 3 is 2.55 bits per heavy atom. The minimum absolute atomic E-state index is 0.153. The summed E-state index contributed by atoms with van der Waals surface area (Å²) in [5.41, 5.74) is 3.96. The first kappa shape index (κ1) is 14.4. The summed E-state index contributed by atoms with van der Waals surface area (Å²) in [5, 5.41) is 0.898. The van der Waals surface area contributed by atoms with Crippen LogP contribution in [-0.4, -0.2) is 18.3 Å². The second-order valence-corrected chi connectivity index (χ2v) is 6.87. The largest absolute Gasteiger partial charge is 0.490 e. The van der Waals surface area contributed by atoms with E-state index in [1.807, 2.05) is 0 Å². The molecule has 0 amide bonds. The van der Waals surface area contributed by atoms with E-state index in [-0.39, 0.29) is 5.60 Å². The highest BCUT2D eigenvalue weighted by Gasteiger charge is 2.43. The molecule has 1 saturated heterocycles. The van der Waals surface area contributed by atoms with E-state index in [9.17, 15) is 0 Å². The lowest BCUT2D eigenvalue weighted by Crippen LogP contribution is -2.48. The highest BCUT2D eigenvalue weighted by atomic mass is 79.9. The molecule has 0 bridgehead atoms. The fourth-order valence-corrected chi connectivity index (χ4v) is 3.80. The maximum absolute atomic E-state index is 6.35. The summed E-state index contributed by atoms with van der Waals surface area (Å²) in [5.74, 6) is 1.08. The molecule has 1 heterocycles. The maximum Gasteiger partial charge on any atom is 0.125 e. The molecule has 0 radical (unpaired) electrons. The predicted molar refractivity (Wildman–Crippen MR) is 84.7 cm³/mol. The Balaban J connectivity index is 1.74. The standard InChI is InChI=1S/C17H23BrO2/c1-12-8-14(11-18)9-13(2)16(12)20-15-4-7-19-17(10-15)5-3-6-17/h8-9,15H,3-7,10-11H2,1-2H3. The van der Waals surface area contributed by atoms with Crippen LogP contribution in [0.15, 0.2) is 12.1 Å². The Kier molecular flexibility index (Phi) is 4.09. The van der Waals surface area contributed by atoms with Crippen LogP contribution in [-0.2, 0) is 10.1 Å². The van der Waals surface area contributed by atoms with Crippen molar-refractivity contribution in [3.05, 3.63) is 28.8 Å². The van der Waals surface area contributed by atoms with Gasteiger partial charge in [0, 0.05) is 18.2 Å². The van der Waals surface area contributed by atoms with E-state index in [1.54, 1.807) is 0 Å². The number of benzene rings is 1.